The standard InChI is InChI=1S/C16H16N2O/c1-2-16(19)12-7-3-5-9-14(12)18-11-17-13-8-4-6-10-15(13)18/h3-11,16,19H,2H2,1H3. The Labute approximate surface area is 112 Å². The number of hydrogen-bond donors (Lipinski definition) is 1. The van der Waals surface area contributed by atoms with Crippen LogP contribution in [0.15, 0.2) is 54.9 Å². The zero-order valence-electron chi connectivity index (χ0n) is 10.8. The molecular formula is C16H16N2O. The second-order valence-corrected chi connectivity index (χ2v) is 4.59. The van der Waals surface area contributed by atoms with Gasteiger partial charge in [-0.2, -0.15) is 0 Å². The monoisotopic (exact) mass is 252 g/mol. The Morgan fingerprint density at radius 3 is 2.68 bits per heavy atom. The first-order chi connectivity index (χ1) is 9.31. The quantitative estimate of drug-likeness (QED) is 0.775. The predicted octanol–water partition coefficient (Wildman–Crippen LogP) is 3.47. The largest absolute Gasteiger partial charge is 0.388 e. The number of benzene rings is 2. The van der Waals surface area contributed by atoms with Gasteiger partial charge in [-0.15, -0.1) is 0 Å². The number of hydrogen-bond acceptors (Lipinski definition) is 2. The average Bonchev–Trinajstić information content (AvgIpc) is 2.90. The molecule has 0 fully saturated rings. The molecule has 96 valence electrons. The van der Waals surface area contributed by atoms with Crippen LogP contribution in [-0.2, 0) is 0 Å². The third-order valence-electron chi connectivity index (χ3n) is 3.40. The summed E-state index contributed by atoms with van der Waals surface area (Å²) in [6, 6.07) is 15.9. The van der Waals surface area contributed by atoms with Gasteiger partial charge < -0.3 is 5.11 Å². The van der Waals surface area contributed by atoms with E-state index in [0.717, 1.165) is 22.3 Å². The molecule has 1 aromatic heterocycles. The van der Waals surface area contributed by atoms with Crippen LogP contribution in [0.3, 0.4) is 0 Å². The molecule has 3 heteroatoms. The molecule has 0 radical (unpaired) electrons. The third kappa shape index (κ3) is 2.02. The molecule has 1 atom stereocenters. The van der Waals surface area contributed by atoms with Crippen LogP contribution in [0.1, 0.15) is 25.0 Å². The van der Waals surface area contributed by atoms with Gasteiger partial charge in [0.2, 0.25) is 0 Å². The molecule has 0 saturated carbocycles. The molecule has 1 unspecified atom stereocenters. The van der Waals surface area contributed by atoms with Crippen molar-refractivity contribution < 1.29 is 5.11 Å². The van der Waals surface area contributed by atoms with E-state index in [1.165, 1.54) is 0 Å². The highest BCUT2D eigenvalue weighted by molar-refractivity contribution is 5.77. The molecule has 1 N–H and O–H groups in total. The number of aromatic nitrogens is 2. The molecule has 3 aromatic rings. The van der Waals surface area contributed by atoms with Crippen LogP contribution in [0.4, 0.5) is 0 Å². The van der Waals surface area contributed by atoms with E-state index in [9.17, 15) is 5.11 Å². The van der Waals surface area contributed by atoms with Gasteiger partial charge in [0.15, 0.2) is 0 Å². The Bertz CT molecular complexity index is 703. The molecule has 0 amide bonds. The molecule has 3 rings (SSSR count). The van der Waals surface area contributed by atoms with Crippen molar-refractivity contribution >= 4 is 11.0 Å². The number of aliphatic hydroxyl groups excluding tert-OH is 1. The van der Waals surface area contributed by atoms with Crippen molar-refractivity contribution in [1.82, 2.24) is 9.55 Å². The SMILES string of the molecule is CCC(O)c1ccccc1-n1cnc2ccccc21. The van der Waals surface area contributed by atoms with E-state index < -0.39 is 6.10 Å². The van der Waals surface area contributed by atoms with Gasteiger partial charge in [0.25, 0.3) is 0 Å². The second-order valence-electron chi connectivity index (χ2n) is 4.59. The number of para-hydroxylation sites is 3. The fourth-order valence-corrected chi connectivity index (χ4v) is 2.36. The van der Waals surface area contributed by atoms with E-state index in [2.05, 4.69) is 4.98 Å². The maximum Gasteiger partial charge on any atom is 0.100 e. The summed E-state index contributed by atoms with van der Waals surface area (Å²) in [6.07, 6.45) is 2.06. The van der Waals surface area contributed by atoms with Crippen molar-refractivity contribution in [2.75, 3.05) is 0 Å². The highest BCUT2D eigenvalue weighted by Crippen LogP contribution is 2.26. The molecule has 2 aromatic carbocycles. The summed E-state index contributed by atoms with van der Waals surface area (Å²) in [5.74, 6) is 0. The normalized spacial score (nSPS) is 12.7. The van der Waals surface area contributed by atoms with E-state index in [1.54, 1.807) is 0 Å². The molecule has 0 saturated heterocycles. The van der Waals surface area contributed by atoms with Crippen molar-refractivity contribution in [3.8, 4) is 5.69 Å². The summed E-state index contributed by atoms with van der Waals surface area (Å²) in [6.45, 7) is 1.98. The molecule has 0 aliphatic rings. The van der Waals surface area contributed by atoms with Crippen LogP contribution < -0.4 is 0 Å². The zero-order valence-corrected chi connectivity index (χ0v) is 10.8. The van der Waals surface area contributed by atoms with Gasteiger partial charge in [-0.1, -0.05) is 37.3 Å². The molecule has 1 heterocycles. The summed E-state index contributed by atoms with van der Waals surface area (Å²) in [7, 11) is 0. The average molecular weight is 252 g/mol. The number of fused-ring (bicyclic) bond motifs is 1. The Hall–Kier alpha value is -2.13. The second kappa shape index (κ2) is 4.86. The van der Waals surface area contributed by atoms with Gasteiger partial charge in [0.1, 0.15) is 6.33 Å². The number of rotatable bonds is 3. The Balaban J connectivity index is 2.22. The van der Waals surface area contributed by atoms with Crippen LogP contribution in [0.5, 0.6) is 0 Å². The zero-order chi connectivity index (χ0) is 13.2. The Morgan fingerprint density at radius 1 is 1.11 bits per heavy atom. The smallest absolute Gasteiger partial charge is 0.100 e. The van der Waals surface area contributed by atoms with E-state index in [-0.39, 0.29) is 0 Å². The van der Waals surface area contributed by atoms with Gasteiger partial charge in [-0.05, 0) is 24.6 Å². The lowest BCUT2D eigenvalue weighted by molar-refractivity contribution is 0.173. The van der Waals surface area contributed by atoms with Crippen molar-refractivity contribution in [3.63, 3.8) is 0 Å². The molecule has 0 bridgehead atoms. The minimum Gasteiger partial charge on any atom is -0.388 e. The van der Waals surface area contributed by atoms with Crippen LogP contribution >= 0.6 is 0 Å². The molecule has 0 spiro atoms. The van der Waals surface area contributed by atoms with Crippen molar-refractivity contribution in [2.24, 2.45) is 0 Å². The topological polar surface area (TPSA) is 38.0 Å². The maximum absolute atomic E-state index is 10.1. The highest BCUT2D eigenvalue weighted by atomic mass is 16.3. The van der Waals surface area contributed by atoms with E-state index in [0.29, 0.717) is 6.42 Å². The van der Waals surface area contributed by atoms with E-state index in [4.69, 9.17) is 0 Å². The minimum absolute atomic E-state index is 0.447. The summed E-state index contributed by atoms with van der Waals surface area (Å²) in [5.41, 5.74) is 3.94. The highest BCUT2D eigenvalue weighted by Gasteiger charge is 2.13. The molecule has 3 nitrogen and oxygen atoms in total. The number of nitrogens with zero attached hydrogens (tertiary/aromatic N) is 2. The van der Waals surface area contributed by atoms with Crippen molar-refractivity contribution in [2.45, 2.75) is 19.4 Å². The van der Waals surface area contributed by atoms with Gasteiger partial charge in [-0.3, -0.25) is 4.57 Å². The molecule has 0 aliphatic carbocycles. The minimum atomic E-state index is -0.447. The lowest BCUT2D eigenvalue weighted by Gasteiger charge is -2.15. The summed E-state index contributed by atoms with van der Waals surface area (Å²) >= 11 is 0. The Morgan fingerprint density at radius 2 is 1.84 bits per heavy atom. The van der Waals surface area contributed by atoms with Crippen LogP contribution in [0.2, 0.25) is 0 Å². The fraction of sp³-hybridized carbons (Fsp3) is 0.188. The van der Waals surface area contributed by atoms with E-state index >= 15 is 0 Å². The maximum atomic E-state index is 10.1. The third-order valence-corrected chi connectivity index (χ3v) is 3.40. The molecule has 19 heavy (non-hydrogen) atoms. The molecule has 0 aliphatic heterocycles. The predicted molar refractivity (Wildman–Crippen MR) is 76.3 cm³/mol. The lowest BCUT2D eigenvalue weighted by atomic mass is 10.0. The summed E-state index contributed by atoms with van der Waals surface area (Å²) < 4.78 is 2.03. The van der Waals surface area contributed by atoms with Crippen molar-refractivity contribution in [3.05, 3.63) is 60.4 Å². The van der Waals surface area contributed by atoms with Gasteiger partial charge in [0, 0.05) is 5.56 Å². The first-order valence-corrected chi connectivity index (χ1v) is 6.50. The fourth-order valence-electron chi connectivity index (χ4n) is 2.36. The molecular weight excluding hydrogens is 236 g/mol. The Kier molecular flexibility index (Phi) is 3.05. The summed E-state index contributed by atoms with van der Waals surface area (Å²) in [5, 5.41) is 10.1. The van der Waals surface area contributed by atoms with E-state index in [1.807, 2.05) is 66.3 Å². The summed E-state index contributed by atoms with van der Waals surface area (Å²) in [4.78, 5) is 4.40. The first kappa shape index (κ1) is 11.9. The van der Waals surface area contributed by atoms with Crippen LogP contribution in [0, 0.1) is 0 Å². The van der Waals surface area contributed by atoms with Gasteiger partial charge >= 0.3 is 0 Å². The van der Waals surface area contributed by atoms with Gasteiger partial charge in [-0.25, -0.2) is 4.98 Å². The number of imidazole rings is 1. The van der Waals surface area contributed by atoms with Crippen LogP contribution in [0.25, 0.3) is 16.7 Å². The van der Waals surface area contributed by atoms with Crippen LogP contribution in [-0.4, -0.2) is 14.7 Å². The lowest BCUT2D eigenvalue weighted by Crippen LogP contribution is -2.03. The van der Waals surface area contributed by atoms with Gasteiger partial charge in [0.05, 0.1) is 22.8 Å². The number of aliphatic hydroxyl groups is 1. The van der Waals surface area contributed by atoms with Crippen molar-refractivity contribution in [1.29, 1.82) is 0 Å². The first-order valence-electron chi connectivity index (χ1n) is 6.50.